The van der Waals surface area contributed by atoms with Gasteiger partial charge >= 0.3 is 5.97 Å². The van der Waals surface area contributed by atoms with Crippen LogP contribution in [0.3, 0.4) is 0 Å². The van der Waals surface area contributed by atoms with Crippen LogP contribution in [-0.2, 0) is 9.53 Å². The first kappa shape index (κ1) is 11.7. The summed E-state index contributed by atoms with van der Waals surface area (Å²) in [5, 5.41) is 6.77. The third-order valence-corrected chi connectivity index (χ3v) is 3.16. The Hall–Kier alpha value is -2.37. The van der Waals surface area contributed by atoms with E-state index in [0.29, 0.717) is 17.5 Å². The molecule has 2 aromatic heterocycles. The number of carbonyl (C=O) groups excluding carboxylic acids is 2. The van der Waals surface area contributed by atoms with Crippen LogP contribution in [0.4, 0.5) is 0 Å². The van der Waals surface area contributed by atoms with Gasteiger partial charge in [-0.25, -0.2) is 9.31 Å². The van der Waals surface area contributed by atoms with Gasteiger partial charge in [0, 0.05) is 12.6 Å². The molecule has 2 unspecified atom stereocenters. The summed E-state index contributed by atoms with van der Waals surface area (Å²) in [6, 6.07) is 4.64. The number of esters is 1. The van der Waals surface area contributed by atoms with Gasteiger partial charge in [0.15, 0.2) is 0 Å². The number of nitrogens with zero attached hydrogens (tertiary/aromatic N) is 2. The van der Waals surface area contributed by atoms with Gasteiger partial charge < -0.3 is 10.1 Å². The summed E-state index contributed by atoms with van der Waals surface area (Å²) >= 11 is 0. The molecule has 0 bridgehead atoms. The number of hydrogen-bond donors (Lipinski definition) is 1. The minimum atomic E-state index is -0.564. The van der Waals surface area contributed by atoms with Crippen LogP contribution in [0.25, 0.3) is 5.52 Å². The Balaban J connectivity index is 1.84. The average molecular weight is 259 g/mol. The molecule has 6 nitrogen and oxygen atoms in total. The lowest BCUT2D eigenvalue weighted by Gasteiger charge is -2.09. The molecule has 1 aliphatic rings. The molecule has 19 heavy (non-hydrogen) atoms. The summed E-state index contributed by atoms with van der Waals surface area (Å²) in [5.41, 5.74) is 1.20. The van der Waals surface area contributed by atoms with Crippen LogP contribution in [0.15, 0.2) is 30.6 Å². The van der Waals surface area contributed by atoms with Crippen molar-refractivity contribution in [2.45, 2.75) is 25.5 Å². The number of cyclic esters (lactones) is 1. The van der Waals surface area contributed by atoms with E-state index in [4.69, 9.17) is 4.74 Å². The van der Waals surface area contributed by atoms with E-state index in [9.17, 15) is 9.59 Å². The van der Waals surface area contributed by atoms with Crippen LogP contribution >= 0.6 is 0 Å². The Morgan fingerprint density at radius 3 is 3.11 bits per heavy atom. The molecule has 1 N–H and O–H groups in total. The van der Waals surface area contributed by atoms with Crippen LogP contribution in [-0.4, -0.2) is 33.6 Å². The number of nitrogens with one attached hydrogen (secondary N) is 1. The average Bonchev–Trinajstić information content (AvgIpc) is 2.95. The molecule has 3 rings (SSSR count). The first-order valence-corrected chi connectivity index (χ1v) is 6.09. The van der Waals surface area contributed by atoms with E-state index in [0.717, 1.165) is 0 Å². The molecule has 1 saturated heterocycles. The molecule has 0 aromatic carbocycles. The first-order valence-electron chi connectivity index (χ1n) is 6.09. The number of pyridine rings is 1. The molecule has 1 fully saturated rings. The first-order chi connectivity index (χ1) is 9.15. The molecule has 6 heteroatoms. The fraction of sp³-hybridized carbons (Fsp3) is 0.308. The van der Waals surface area contributed by atoms with E-state index in [-0.39, 0.29) is 18.0 Å². The van der Waals surface area contributed by atoms with E-state index >= 15 is 0 Å². The van der Waals surface area contributed by atoms with Gasteiger partial charge in [0.2, 0.25) is 0 Å². The Labute approximate surface area is 109 Å². The molecular weight excluding hydrogens is 246 g/mol. The van der Waals surface area contributed by atoms with Crippen molar-refractivity contribution in [3.8, 4) is 0 Å². The SMILES string of the molecule is CC1CC(NC(=O)c2cccn3nccc23)C(=O)O1. The lowest BCUT2D eigenvalue weighted by atomic mass is 10.1. The summed E-state index contributed by atoms with van der Waals surface area (Å²) in [7, 11) is 0. The van der Waals surface area contributed by atoms with Crippen molar-refractivity contribution in [2.24, 2.45) is 0 Å². The lowest BCUT2D eigenvalue weighted by Crippen LogP contribution is -2.38. The smallest absolute Gasteiger partial charge is 0.329 e. The zero-order chi connectivity index (χ0) is 13.4. The monoisotopic (exact) mass is 259 g/mol. The molecule has 1 aliphatic heterocycles. The zero-order valence-electron chi connectivity index (χ0n) is 10.4. The molecule has 2 aromatic rings. The predicted molar refractivity (Wildman–Crippen MR) is 66.6 cm³/mol. The molecule has 3 heterocycles. The van der Waals surface area contributed by atoms with E-state index in [1.54, 1.807) is 35.1 Å². The fourth-order valence-corrected chi connectivity index (χ4v) is 2.26. The van der Waals surface area contributed by atoms with Gasteiger partial charge in [-0.05, 0) is 25.1 Å². The lowest BCUT2D eigenvalue weighted by molar-refractivity contribution is -0.142. The summed E-state index contributed by atoms with van der Waals surface area (Å²) in [6.07, 6.45) is 3.74. The highest BCUT2D eigenvalue weighted by Gasteiger charge is 2.33. The van der Waals surface area contributed by atoms with Crippen molar-refractivity contribution in [2.75, 3.05) is 0 Å². The number of aromatic nitrogens is 2. The van der Waals surface area contributed by atoms with Crippen molar-refractivity contribution in [1.29, 1.82) is 0 Å². The van der Waals surface area contributed by atoms with Crippen LogP contribution in [0.5, 0.6) is 0 Å². The van der Waals surface area contributed by atoms with Gasteiger partial charge in [-0.3, -0.25) is 4.79 Å². The summed E-state index contributed by atoms with van der Waals surface area (Å²) < 4.78 is 6.63. The van der Waals surface area contributed by atoms with E-state index in [1.165, 1.54) is 0 Å². The number of carbonyl (C=O) groups is 2. The molecule has 0 saturated carbocycles. The Morgan fingerprint density at radius 1 is 1.53 bits per heavy atom. The minimum absolute atomic E-state index is 0.149. The van der Waals surface area contributed by atoms with Gasteiger partial charge in [0.25, 0.3) is 5.91 Å². The fourth-order valence-electron chi connectivity index (χ4n) is 2.26. The van der Waals surface area contributed by atoms with E-state index in [1.807, 2.05) is 6.92 Å². The second-order valence-corrected chi connectivity index (χ2v) is 4.59. The largest absolute Gasteiger partial charge is 0.461 e. The predicted octanol–water partition coefficient (Wildman–Crippen LogP) is 0.768. The van der Waals surface area contributed by atoms with Gasteiger partial charge in [-0.2, -0.15) is 5.10 Å². The second-order valence-electron chi connectivity index (χ2n) is 4.59. The van der Waals surface area contributed by atoms with Gasteiger partial charge in [0.1, 0.15) is 12.1 Å². The van der Waals surface area contributed by atoms with Crippen molar-refractivity contribution in [3.05, 3.63) is 36.2 Å². The Bertz CT molecular complexity index is 649. The third kappa shape index (κ3) is 2.05. The Kier molecular flexibility index (Phi) is 2.70. The highest BCUT2D eigenvalue weighted by Crippen LogP contribution is 2.16. The maximum atomic E-state index is 12.2. The molecule has 0 radical (unpaired) electrons. The number of rotatable bonds is 2. The minimum Gasteiger partial charge on any atom is -0.461 e. The van der Waals surface area contributed by atoms with E-state index < -0.39 is 6.04 Å². The van der Waals surface area contributed by atoms with E-state index in [2.05, 4.69) is 10.4 Å². The summed E-state index contributed by atoms with van der Waals surface area (Å²) in [5.74, 6) is -0.663. The third-order valence-electron chi connectivity index (χ3n) is 3.16. The highest BCUT2D eigenvalue weighted by atomic mass is 16.6. The maximum Gasteiger partial charge on any atom is 0.329 e. The number of hydrogen-bond acceptors (Lipinski definition) is 4. The number of ether oxygens (including phenoxy) is 1. The number of amides is 1. The van der Waals surface area contributed by atoms with Crippen molar-refractivity contribution in [3.63, 3.8) is 0 Å². The second kappa shape index (κ2) is 4.38. The van der Waals surface area contributed by atoms with Gasteiger partial charge in [0.05, 0.1) is 17.3 Å². The molecule has 1 amide bonds. The van der Waals surface area contributed by atoms with Crippen LogP contribution < -0.4 is 5.32 Å². The topological polar surface area (TPSA) is 72.7 Å². The highest BCUT2D eigenvalue weighted by molar-refractivity contribution is 6.02. The maximum absolute atomic E-state index is 12.2. The van der Waals surface area contributed by atoms with Crippen molar-refractivity contribution >= 4 is 17.4 Å². The van der Waals surface area contributed by atoms with Crippen LogP contribution in [0, 0.1) is 0 Å². The van der Waals surface area contributed by atoms with Crippen LogP contribution in [0.1, 0.15) is 23.7 Å². The standard InChI is InChI=1S/C13H13N3O3/c1-8-7-10(13(18)19-8)15-12(17)9-3-2-6-16-11(9)4-5-14-16/h2-6,8,10H,7H2,1H3,(H,15,17). The molecule has 0 spiro atoms. The van der Waals surface area contributed by atoms with Gasteiger partial charge in [-0.1, -0.05) is 0 Å². The normalized spacial score (nSPS) is 22.5. The molecule has 2 atom stereocenters. The van der Waals surface area contributed by atoms with Crippen LogP contribution in [0.2, 0.25) is 0 Å². The molecule has 0 aliphatic carbocycles. The quantitative estimate of drug-likeness (QED) is 0.808. The molecule has 98 valence electrons. The van der Waals surface area contributed by atoms with Crippen molar-refractivity contribution in [1.82, 2.24) is 14.9 Å². The Morgan fingerprint density at radius 2 is 2.37 bits per heavy atom. The molecular formula is C13H13N3O3. The van der Waals surface area contributed by atoms with Gasteiger partial charge in [-0.15, -0.1) is 0 Å². The van der Waals surface area contributed by atoms with Crippen molar-refractivity contribution < 1.29 is 14.3 Å². The summed E-state index contributed by atoms with van der Waals surface area (Å²) in [6.45, 7) is 1.81. The summed E-state index contributed by atoms with van der Waals surface area (Å²) in [4.78, 5) is 23.7. The number of fused-ring (bicyclic) bond motifs is 1. The zero-order valence-corrected chi connectivity index (χ0v) is 10.4.